The largest absolute Gasteiger partial charge is 0.390 e. The Hall–Kier alpha value is -0.340. The van der Waals surface area contributed by atoms with Crippen molar-refractivity contribution < 1.29 is 9.84 Å². The van der Waals surface area contributed by atoms with E-state index in [9.17, 15) is 5.11 Å². The van der Waals surface area contributed by atoms with Crippen molar-refractivity contribution in [2.24, 2.45) is 29.1 Å². The van der Waals surface area contributed by atoms with Gasteiger partial charge in [0, 0.05) is 0 Å². The Kier molecular flexibility index (Phi) is 3.18. The van der Waals surface area contributed by atoms with Crippen molar-refractivity contribution in [1.82, 2.24) is 0 Å². The molecule has 0 radical (unpaired) electrons. The molecule has 4 fully saturated rings. The van der Waals surface area contributed by atoms with Crippen LogP contribution in [-0.4, -0.2) is 22.9 Å². The van der Waals surface area contributed by atoms with E-state index < -0.39 is 5.60 Å². The van der Waals surface area contributed by atoms with Crippen LogP contribution in [0.25, 0.3) is 0 Å². The number of ether oxygens (including phenoxy) is 1. The fourth-order valence-corrected chi connectivity index (χ4v) is 6.38. The predicted octanol–water partition coefficient (Wildman–Crippen LogP) is 4.33. The summed E-state index contributed by atoms with van der Waals surface area (Å²) in [5, 5.41) is 11.1. The molecule has 1 N–H and O–H groups in total. The van der Waals surface area contributed by atoms with Crippen LogP contribution in [0.5, 0.6) is 0 Å². The molecule has 7 atom stereocenters. The molecule has 0 aromatic carbocycles. The fourth-order valence-electron chi connectivity index (χ4n) is 6.38. The van der Waals surface area contributed by atoms with Gasteiger partial charge in [0.1, 0.15) is 0 Å². The van der Waals surface area contributed by atoms with Crippen LogP contribution in [0.4, 0.5) is 0 Å². The van der Waals surface area contributed by atoms with E-state index in [1.165, 1.54) is 37.7 Å². The van der Waals surface area contributed by atoms with Crippen LogP contribution < -0.4 is 0 Å². The summed E-state index contributed by atoms with van der Waals surface area (Å²) >= 11 is 0. The molecule has 1 spiro atoms. The molecule has 0 aromatic heterocycles. The van der Waals surface area contributed by atoms with Gasteiger partial charge in [-0.05, 0) is 88.4 Å². The summed E-state index contributed by atoms with van der Waals surface area (Å²) in [5.74, 6) is 2.63. The van der Waals surface area contributed by atoms with Crippen LogP contribution in [0.2, 0.25) is 0 Å². The lowest BCUT2D eigenvalue weighted by atomic mass is 9.74. The first-order chi connectivity index (χ1) is 10.3. The zero-order valence-corrected chi connectivity index (χ0v) is 14.7. The first-order valence-corrected chi connectivity index (χ1v) is 9.30. The fraction of sp³-hybridized carbons (Fsp3) is 0.900. The predicted molar refractivity (Wildman–Crippen MR) is 88.5 cm³/mol. The summed E-state index contributed by atoms with van der Waals surface area (Å²) in [6.07, 6.45) is 9.58. The molecular formula is C20H32O2. The molecule has 124 valence electrons. The molecule has 7 unspecified atom stereocenters. The van der Waals surface area contributed by atoms with Gasteiger partial charge in [-0.25, -0.2) is 0 Å². The maximum absolute atomic E-state index is 11.1. The first kappa shape index (κ1) is 15.2. The van der Waals surface area contributed by atoms with Crippen molar-refractivity contribution in [3.63, 3.8) is 0 Å². The third-order valence-corrected chi connectivity index (χ3v) is 7.74. The van der Waals surface area contributed by atoms with Gasteiger partial charge in [0.05, 0.1) is 17.8 Å². The van der Waals surface area contributed by atoms with Crippen LogP contribution in [0.15, 0.2) is 11.6 Å². The highest BCUT2D eigenvalue weighted by molar-refractivity contribution is 5.22. The molecule has 2 heteroatoms. The highest BCUT2D eigenvalue weighted by Gasteiger charge is 2.73. The zero-order chi connectivity index (χ0) is 15.8. The number of aliphatic hydroxyl groups is 1. The molecule has 0 amide bonds. The molecule has 1 aliphatic heterocycles. The second kappa shape index (κ2) is 4.60. The molecule has 2 nitrogen and oxygen atoms in total. The number of fused-ring (bicyclic) bond motifs is 4. The lowest BCUT2D eigenvalue weighted by Gasteiger charge is -2.33. The van der Waals surface area contributed by atoms with Crippen LogP contribution in [0.3, 0.4) is 0 Å². The van der Waals surface area contributed by atoms with Crippen LogP contribution in [0, 0.1) is 29.1 Å². The van der Waals surface area contributed by atoms with E-state index in [0.29, 0.717) is 17.3 Å². The quantitative estimate of drug-likeness (QED) is 0.622. The summed E-state index contributed by atoms with van der Waals surface area (Å²) in [6, 6.07) is 0. The van der Waals surface area contributed by atoms with Gasteiger partial charge in [0.15, 0.2) is 0 Å². The minimum Gasteiger partial charge on any atom is -0.390 e. The van der Waals surface area contributed by atoms with E-state index in [2.05, 4.69) is 33.8 Å². The highest BCUT2D eigenvalue weighted by Crippen LogP contribution is 2.75. The van der Waals surface area contributed by atoms with Gasteiger partial charge < -0.3 is 9.84 Å². The van der Waals surface area contributed by atoms with Crippen LogP contribution >= 0.6 is 0 Å². The SMILES string of the molecule is CC(C)=CCCC1(C)C2CCC3(CO3)C3CCC(C)(O)C3C21. The summed E-state index contributed by atoms with van der Waals surface area (Å²) < 4.78 is 5.95. The Bertz CT molecular complexity index is 498. The Morgan fingerprint density at radius 2 is 1.82 bits per heavy atom. The Labute approximate surface area is 135 Å². The standard InChI is InChI=1S/C20H32O2/c1-13(2)6-5-9-18(3)14-8-11-20(12-22-20)15-7-10-19(4,21)17(15)16(14)18/h6,14-17,21H,5,7-12H2,1-4H3. The van der Waals surface area contributed by atoms with Gasteiger partial charge in [-0.2, -0.15) is 0 Å². The van der Waals surface area contributed by atoms with Crippen molar-refractivity contribution in [2.75, 3.05) is 6.61 Å². The number of rotatable bonds is 3. The average molecular weight is 304 g/mol. The Morgan fingerprint density at radius 1 is 1.14 bits per heavy atom. The summed E-state index contributed by atoms with van der Waals surface area (Å²) in [7, 11) is 0. The highest BCUT2D eigenvalue weighted by atomic mass is 16.6. The molecule has 4 aliphatic rings. The van der Waals surface area contributed by atoms with E-state index in [4.69, 9.17) is 4.74 Å². The van der Waals surface area contributed by atoms with Gasteiger partial charge in [0.25, 0.3) is 0 Å². The second-order valence-corrected chi connectivity index (χ2v) is 9.38. The number of allylic oxidation sites excluding steroid dienone is 2. The molecular weight excluding hydrogens is 272 g/mol. The third-order valence-electron chi connectivity index (χ3n) is 7.74. The smallest absolute Gasteiger partial charge is 0.0948 e. The molecule has 3 aliphatic carbocycles. The Balaban J connectivity index is 1.57. The molecule has 1 heterocycles. The Morgan fingerprint density at radius 3 is 2.45 bits per heavy atom. The average Bonchev–Trinajstić information content (AvgIpc) is 3.28. The van der Waals surface area contributed by atoms with E-state index in [-0.39, 0.29) is 5.60 Å². The monoisotopic (exact) mass is 304 g/mol. The zero-order valence-electron chi connectivity index (χ0n) is 14.7. The number of hydrogen-bond acceptors (Lipinski definition) is 2. The minimum absolute atomic E-state index is 0.166. The van der Waals surface area contributed by atoms with Crippen molar-refractivity contribution in [3.8, 4) is 0 Å². The summed E-state index contributed by atoms with van der Waals surface area (Å²) in [4.78, 5) is 0. The van der Waals surface area contributed by atoms with Crippen molar-refractivity contribution in [1.29, 1.82) is 0 Å². The van der Waals surface area contributed by atoms with Gasteiger partial charge in [0.2, 0.25) is 0 Å². The molecule has 4 rings (SSSR count). The molecule has 0 bridgehead atoms. The van der Waals surface area contributed by atoms with Gasteiger partial charge in [-0.3, -0.25) is 0 Å². The summed E-state index contributed by atoms with van der Waals surface area (Å²) in [6.45, 7) is 9.94. The van der Waals surface area contributed by atoms with Crippen LogP contribution in [-0.2, 0) is 4.74 Å². The van der Waals surface area contributed by atoms with E-state index >= 15 is 0 Å². The summed E-state index contributed by atoms with van der Waals surface area (Å²) in [5.41, 5.74) is 1.59. The molecule has 3 saturated carbocycles. The topological polar surface area (TPSA) is 32.8 Å². The van der Waals surface area contributed by atoms with E-state index in [0.717, 1.165) is 24.9 Å². The third kappa shape index (κ3) is 2.06. The molecule has 0 aromatic rings. The lowest BCUT2D eigenvalue weighted by molar-refractivity contribution is -0.0166. The maximum Gasteiger partial charge on any atom is 0.0948 e. The van der Waals surface area contributed by atoms with Gasteiger partial charge in [-0.1, -0.05) is 18.6 Å². The normalized spacial score (nSPS) is 55.3. The van der Waals surface area contributed by atoms with Gasteiger partial charge in [-0.15, -0.1) is 0 Å². The number of epoxide rings is 1. The first-order valence-electron chi connectivity index (χ1n) is 9.30. The van der Waals surface area contributed by atoms with E-state index in [1.54, 1.807) is 0 Å². The van der Waals surface area contributed by atoms with Gasteiger partial charge >= 0.3 is 0 Å². The molecule has 22 heavy (non-hydrogen) atoms. The number of hydrogen-bond donors (Lipinski definition) is 1. The van der Waals surface area contributed by atoms with Crippen molar-refractivity contribution in [2.45, 2.75) is 77.4 Å². The van der Waals surface area contributed by atoms with Crippen molar-refractivity contribution >= 4 is 0 Å². The maximum atomic E-state index is 11.1. The van der Waals surface area contributed by atoms with Crippen LogP contribution in [0.1, 0.15) is 66.2 Å². The lowest BCUT2D eigenvalue weighted by Crippen LogP contribution is -2.39. The van der Waals surface area contributed by atoms with Crippen molar-refractivity contribution in [3.05, 3.63) is 11.6 Å². The van der Waals surface area contributed by atoms with E-state index in [1.807, 2.05) is 0 Å². The second-order valence-electron chi connectivity index (χ2n) is 9.38. The minimum atomic E-state index is -0.467. The molecule has 1 saturated heterocycles.